The van der Waals surface area contributed by atoms with Crippen LogP contribution in [0.5, 0.6) is 5.75 Å². The SMILES string of the molecule is Cc1cccc(N2C(=O)/C(=C\c3ccc(O[C@H](C)C(=O)[O-])cc3)C(=O)NC2=S)c1. The molecule has 2 aromatic rings. The Hall–Kier alpha value is -3.52. The van der Waals surface area contributed by atoms with E-state index in [4.69, 9.17) is 17.0 Å². The van der Waals surface area contributed by atoms with Crippen LogP contribution in [-0.4, -0.2) is 29.0 Å². The zero-order valence-electron chi connectivity index (χ0n) is 15.7. The molecule has 3 rings (SSSR count). The molecule has 1 heterocycles. The molecule has 1 N–H and O–H groups in total. The molecule has 1 aliphatic heterocycles. The number of amides is 2. The predicted molar refractivity (Wildman–Crippen MR) is 109 cm³/mol. The van der Waals surface area contributed by atoms with Crippen molar-refractivity contribution in [2.75, 3.05) is 4.90 Å². The van der Waals surface area contributed by atoms with Crippen LogP contribution in [0, 0.1) is 6.92 Å². The lowest BCUT2D eigenvalue weighted by atomic mass is 10.1. The van der Waals surface area contributed by atoms with Gasteiger partial charge >= 0.3 is 0 Å². The zero-order valence-corrected chi connectivity index (χ0v) is 16.5. The fraction of sp³-hybridized carbons (Fsp3) is 0.143. The van der Waals surface area contributed by atoms with Gasteiger partial charge in [-0.15, -0.1) is 0 Å². The Morgan fingerprint density at radius 1 is 1.21 bits per heavy atom. The van der Waals surface area contributed by atoms with E-state index >= 15 is 0 Å². The third kappa shape index (κ3) is 4.49. The van der Waals surface area contributed by atoms with Crippen molar-refractivity contribution in [1.82, 2.24) is 5.32 Å². The fourth-order valence-electron chi connectivity index (χ4n) is 2.72. The number of carbonyl (C=O) groups is 3. The number of nitrogens with zero attached hydrogens (tertiary/aromatic N) is 1. The number of carboxylic acids is 1. The number of rotatable bonds is 5. The Balaban J connectivity index is 1.87. The molecule has 2 aromatic carbocycles. The molecule has 1 atom stereocenters. The molecule has 1 fully saturated rings. The normalized spacial score (nSPS) is 16.6. The third-order valence-electron chi connectivity index (χ3n) is 4.20. The number of aryl methyl sites for hydroxylation is 1. The summed E-state index contributed by atoms with van der Waals surface area (Å²) in [5.74, 6) is -2.12. The number of thiocarbonyl (C=S) groups is 1. The molecule has 0 radical (unpaired) electrons. The first-order valence-electron chi connectivity index (χ1n) is 8.72. The molecule has 2 amide bonds. The Labute approximate surface area is 172 Å². The van der Waals surface area contributed by atoms with E-state index in [1.54, 1.807) is 42.5 Å². The molecule has 0 aromatic heterocycles. The molecular formula is C21H17N2O5S-. The monoisotopic (exact) mass is 409 g/mol. The first kappa shape index (κ1) is 20.2. The second-order valence-corrected chi connectivity index (χ2v) is 6.83. The van der Waals surface area contributed by atoms with E-state index in [0.29, 0.717) is 17.0 Å². The minimum absolute atomic E-state index is 0.0164. The molecule has 1 saturated heterocycles. The summed E-state index contributed by atoms with van der Waals surface area (Å²) >= 11 is 5.18. The summed E-state index contributed by atoms with van der Waals surface area (Å²) in [7, 11) is 0. The van der Waals surface area contributed by atoms with Gasteiger partial charge < -0.3 is 14.6 Å². The molecule has 0 bridgehead atoms. The van der Waals surface area contributed by atoms with Crippen molar-refractivity contribution in [1.29, 1.82) is 0 Å². The van der Waals surface area contributed by atoms with Gasteiger partial charge in [-0.2, -0.15) is 0 Å². The molecule has 8 heteroatoms. The summed E-state index contributed by atoms with van der Waals surface area (Å²) in [5, 5.41) is 13.3. The quantitative estimate of drug-likeness (QED) is 0.455. The summed E-state index contributed by atoms with van der Waals surface area (Å²) in [6.07, 6.45) is 0.336. The first-order chi connectivity index (χ1) is 13.8. The predicted octanol–water partition coefficient (Wildman–Crippen LogP) is 1.34. The van der Waals surface area contributed by atoms with E-state index in [9.17, 15) is 19.5 Å². The standard InChI is InChI=1S/C21H18N2O5S/c1-12-4-3-5-15(10-12)23-19(25)17(18(24)22-21(23)29)11-14-6-8-16(9-7-14)28-13(2)20(26)27/h3-11,13H,1-2H3,(H,26,27)(H,22,24,29)/p-1/b17-11-/t13-/m1/s1. The largest absolute Gasteiger partial charge is 0.546 e. The van der Waals surface area contributed by atoms with E-state index in [0.717, 1.165) is 5.56 Å². The Morgan fingerprint density at radius 3 is 2.52 bits per heavy atom. The summed E-state index contributed by atoms with van der Waals surface area (Å²) in [4.78, 5) is 37.3. The van der Waals surface area contributed by atoms with Crippen molar-refractivity contribution in [3.05, 3.63) is 65.2 Å². The smallest absolute Gasteiger partial charge is 0.270 e. The maximum absolute atomic E-state index is 13.0. The number of benzene rings is 2. The molecule has 0 unspecified atom stereocenters. The average Bonchev–Trinajstić information content (AvgIpc) is 2.66. The van der Waals surface area contributed by atoms with Crippen LogP contribution in [0.4, 0.5) is 5.69 Å². The van der Waals surface area contributed by atoms with Crippen molar-refractivity contribution in [3.63, 3.8) is 0 Å². The van der Waals surface area contributed by atoms with Crippen molar-refractivity contribution < 1.29 is 24.2 Å². The highest BCUT2D eigenvalue weighted by Crippen LogP contribution is 2.23. The molecule has 0 spiro atoms. The van der Waals surface area contributed by atoms with Crippen molar-refractivity contribution in [2.24, 2.45) is 0 Å². The van der Waals surface area contributed by atoms with Crippen LogP contribution in [0.25, 0.3) is 6.08 Å². The molecule has 7 nitrogen and oxygen atoms in total. The van der Waals surface area contributed by atoms with Crippen molar-refractivity contribution in [2.45, 2.75) is 20.0 Å². The molecule has 0 aliphatic carbocycles. The number of carboxylic acid groups (broad SMARTS) is 1. The van der Waals surface area contributed by atoms with Gasteiger partial charge in [0.1, 0.15) is 17.4 Å². The lowest BCUT2D eigenvalue weighted by Crippen LogP contribution is -2.54. The van der Waals surface area contributed by atoms with Gasteiger partial charge in [0.05, 0.1) is 11.7 Å². The van der Waals surface area contributed by atoms with Crippen LogP contribution in [0.1, 0.15) is 18.1 Å². The molecule has 148 valence electrons. The molecular weight excluding hydrogens is 392 g/mol. The van der Waals surface area contributed by atoms with Gasteiger partial charge in [0.2, 0.25) is 0 Å². The second-order valence-electron chi connectivity index (χ2n) is 6.45. The van der Waals surface area contributed by atoms with E-state index in [2.05, 4.69) is 5.32 Å². The number of aliphatic carboxylic acids is 1. The second kappa shape index (κ2) is 8.24. The number of ether oxygens (including phenoxy) is 1. The Morgan fingerprint density at radius 2 is 1.90 bits per heavy atom. The van der Waals surface area contributed by atoms with E-state index in [1.807, 2.05) is 13.0 Å². The summed E-state index contributed by atoms with van der Waals surface area (Å²) in [6.45, 7) is 3.25. The Bertz CT molecular complexity index is 1030. The van der Waals surface area contributed by atoms with Gasteiger partial charge in [0.15, 0.2) is 5.11 Å². The van der Waals surface area contributed by atoms with E-state index < -0.39 is 23.9 Å². The third-order valence-corrected chi connectivity index (χ3v) is 4.48. The number of nitrogens with one attached hydrogen (secondary N) is 1. The van der Waals surface area contributed by atoms with Gasteiger partial charge in [-0.3, -0.25) is 19.8 Å². The van der Waals surface area contributed by atoms with Gasteiger partial charge in [-0.05, 0) is 67.5 Å². The molecule has 29 heavy (non-hydrogen) atoms. The average molecular weight is 409 g/mol. The van der Waals surface area contributed by atoms with Crippen molar-refractivity contribution in [3.8, 4) is 5.75 Å². The van der Waals surface area contributed by atoms with Gasteiger partial charge in [0, 0.05) is 0 Å². The summed E-state index contributed by atoms with van der Waals surface area (Å²) in [6, 6.07) is 13.5. The number of hydrogen-bond acceptors (Lipinski definition) is 6. The van der Waals surface area contributed by atoms with Crippen LogP contribution >= 0.6 is 12.2 Å². The number of hydrogen-bond donors (Lipinski definition) is 1. The molecule has 0 saturated carbocycles. The highest BCUT2D eigenvalue weighted by atomic mass is 32.1. The zero-order chi connectivity index (χ0) is 21.1. The lowest BCUT2D eigenvalue weighted by Gasteiger charge is -2.29. The van der Waals surface area contributed by atoms with Crippen LogP contribution in [0.15, 0.2) is 54.1 Å². The van der Waals surface area contributed by atoms with Crippen molar-refractivity contribution >= 4 is 46.9 Å². The van der Waals surface area contributed by atoms with E-state index in [-0.39, 0.29) is 10.7 Å². The highest BCUT2D eigenvalue weighted by Gasteiger charge is 2.34. The minimum atomic E-state index is -1.33. The van der Waals surface area contributed by atoms with Crippen LogP contribution in [-0.2, 0) is 14.4 Å². The van der Waals surface area contributed by atoms with Crippen LogP contribution in [0.3, 0.4) is 0 Å². The van der Waals surface area contributed by atoms with Gasteiger partial charge in [-0.1, -0.05) is 24.3 Å². The topological polar surface area (TPSA) is 98.8 Å². The molecule has 1 aliphatic rings. The van der Waals surface area contributed by atoms with Gasteiger partial charge in [0.25, 0.3) is 11.8 Å². The van der Waals surface area contributed by atoms with Crippen LogP contribution in [0.2, 0.25) is 0 Å². The maximum Gasteiger partial charge on any atom is 0.270 e. The number of carbonyl (C=O) groups excluding carboxylic acids is 3. The first-order valence-corrected chi connectivity index (χ1v) is 9.13. The van der Waals surface area contributed by atoms with Gasteiger partial charge in [-0.25, -0.2) is 0 Å². The van der Waals surface area contributed by atoms with E-state index in [1.165, 1.54) is 17.9 Å². The Kier molecular flexibility index (Phi) is 5.74. The number of anilines is 1. The highest BCUT2D eigenvalue weighted by molar-refractivity contribution is 7.80. The van der Waals surface area contributed by atoms with Crippen LogP contribution < -0.4 is 20.1 Å². The summed E-state index contributed by atoms with van der Waals surface area (Å²) in [5.41, 5.74) is 2.00. The maximum atomic E-state index is 13.0. The lowest BCUT2D eigenvalue weighted by molar-refractivity contribution is -0.312. The summed E-state index contributed by atoms with van der Waals surface area (Å²) < 4.78 is 5.21. The fourth-order valence-corrected chi connectivity index (χ4v) is 3.00. The minimum Gasteiger partial charge on any atom is -0.546 e.